The molecule has 3 aromatic rings. The van der Waals surface area contributed by atoms with Crippen LogP contribution in [0, 0.1) is 18.7 Å². The third kappa shape index (κ3) is 6.47. The number of carbonyl (C=O) groups excluding carboxylic acids is 2. The average Bonchev–Trinajstić information content (AvgIpc) is 3.68. The van der Waals surface area contributed by atoms with E-state index in [9.17, 15) is 9.59 Å². The number of fused-ring (bicyclic) bond motifs is 1. The van der Waals surface area contributed by atoms with Crippen molar-refractivity contribution >= 4 is 50.2 Å². The summed E-state index contributed by atoms with van der Waals surface area (Å²) in [6.07, 6.45) is 3.70. The number of unbranched alkanes of at least 4 members (excludes halogenated alkanes) is 1. The number of aromatic nitrogens is 2. The van der Waals surface area contributed by atoms with Crippen LogP contribution in [0.5, 0.6) is 0 Å². The Kier molecular flexibility index (Phi) is 8.72. The number of anilines is 2. The first-order chi connectivity index (χ1) is 19.2. The molecule has 0 bridgehead atoms. The van der Waals surface area contributed by atoms with E-state index in [2.05, 4.69) is 43.1 Å². The number of carbonyl (C=O) groups is 2. The van der Waals surface area contributed by atoms with Gasteiger partial charge in [0.15, 0.2) is 11.6 Å². The molecule has 5 rings (SSSR count). The van der Waals surface area contributed by atoms with Crippen molar-refractivity contribution in [1.29, 1.82) is 0 Å². The summed E-state index contributed by atoms with van der Waals surface area (Å²) in [5.41, 5.74) is 7.53. The molecule has 0 spiro atoms. The SMILES string of the molecule is Cc1cc(Br)ccc1Nc1c(C(=O)OCC2CC2)cc2c(nc(C(N)=O)n2CCCCN2CCN(C)CC2)c1F. The topological polar surface area (TPSA) is 106 Å². The number of hydrogen-bond donors (Lipinski definition) is 2. The Balaban J connectivity index is 1.46. The first-order valence-electron chi connectivity index (χ1n) is 13.8. The van der Waals surface area contributed by atoms with Crippen molar-refractivity contribution in [3.05, 3.63) is 51.5 Å². The second-order valence-electron chi connectivity index (χ2n) is 10.9. The van der Waals surface area contributed by atoms with Crippen molar-refractivity contribution in [3.63, 3.8) is 0 Å². The fraction of sp³-hybridized carbons (Fsp3) is 0.483. The van der Waals surface area contributed by atoms with Gasteiger partial charge in [0, 0.05) is 42.9 Å². The lowest BCUT2D eigenvalue weighted by atomic mass is 10.1. The second-order valence-corrected chi connectivity index (χ2v) is 11.8. The van der Waals surface area contributed by atoms with Gasteiger partial charge in [-0.2, -0.15) is 0 Å². The lowest BCUT2D eigenvalue weighted by Gasteiger charge is -2.32. The Labute approximate surface area is 242 Å². The van der Waals surface area contributed by atoms with E-state index in [1.165, 1.54) is 0 Å². The smallest absolute Gasteiger partial charge is 0.340 e. The number of ether oxygens (including phenoxy) is 1. The molecular formula is C29H36BrFN6O3. The lowest BCUT2D eigenvalue weighted by molar-refractivity contribution is 0.0487. The molecule has 0 atom stereocenters. The van der Waals surface area contributed by atoms with Gasteiger partial charge in [0.1, 0.15) is 5.52 Å². The van der Waals surface area contributed by atoms with E-state index in [0.717, 1.165) is 68.4 Å². The number of nitrogens with zero attached hydrogens (tertiary/aromatic N) is 4. The summed E-state index contributed by atoms with van der Waals surface area (Å²) < 4.78 is 24.3. The van der Waals surface area contributed by atoms with E-state index in [1.807, 2.05) is 19.1 Å². The zero-order valence-electron chi connectivity index (χ0n) is 23.0. The highest BCUT2D eigenvalue weighted by Gasteiger charge is 2.28. The molecule has 1 aromatic heterocycles. The van der Waals surface area contributed by atoms with Gasteiger partial charge in [-0.25, -0.2) is 14.2 Å². The number of aryl methyl sites for hydroxylation is 2. The third-order valence-corrected chi connectivity index (χ3v) is 8.22. The van der Waals surface area contributed by atoms with Gasteiger partial charge in [-0.1, -0.05) is 15.9 Å². The molecule has 1 saturated heterocycles. The second kappa shape index (κ2) is 12.2. The molecule has 11 heteroatoms. The van der Waals surface area contributed by atoms with Crippen LogP contribution in [-0.2, 0) is 11.3 Å². The van der Waals surface area contributed by atoms with Crippen LogP contribution in [0.1, 0.15) is 52.2 Å². The van der Waals surface area contributed by atoms with Gasteiger partial charge in [-0.3, -0.25) is 4.79 Å². The Morgan fingerprint density at radius 2 is 1.88 bits per heavy atom. The third-order valence-electron chi connectivity index (χ3n) is 7.72. The van der Waals surface area contributed by atoms with Gasteiger partial charge >= 0.3 is 5.97 Å². The Morgan fingerprint density at radius 3 is 2.55 bits per heavy atom. The van der Waals surface area contributed by atoms with Crippen molar-refractivity contribution in [1.82, 2.24) is 19.4 Å². The molecule has 2 aliphatic rings. The van der Waals surface area contributed by atoms with Gasteiger partial charge in [0.05, 0.1) is 23.4 Å². The first-order valence-corrected chi connectivity index (χ1v) is 14.6. The molecule has 0 unspecified atom stereocenters. The summed E-state index contributed by atoms with van der Waals surface area (Å²) in [4.78, 5) is 34.7. The highest BCUT2D eigenvalue weighted by atomic mass is 79.9. The molecule has 40 heavy (non-hydrogen) atoms. The van der Waals surface area contributed by atoms with E-state index in [4.69, 9.17) is 10.5 Å². The lowest BCUT2D eigenvalue weighted by Crippen LogP contribution is -2.44. The van der Waals surface area contributed by atoms with Crippen LogP contribution in [0.15, 0.2) is 28.7 Å². The fourth-order valence-electron chi connectivity index (χ4n) is 5.05. The first kappa shape index (κ1) is 28.5. The van der Waals surface area contributed by atoms with E-state index >= 15 is 4.39 Å². The molecule has 9 nitrogen and oxygen atoms in total. The summed E-state index contributed by atoms with van der Waals surface area (Å²) in [6, 6.07) is 7.10. The largest absolute Gasteiger partial charge is 0.462 e. The van der Waals surface area contributed by atoms with Crippen LogP contribution in [-0.4, -0.2) is 77.6 Å². The molecule has 1 amide bonds. The summed E-state index contributed by atoms with van der Waals surface area (Å²) in [5.74, 6) is -1.76. The summed E-state index contributed by atoms with van der Waals surface area (Å²) in [7, 11) is 2.13. The quantitative estimate of drug-likeness (QED) is 0.238. The zero-order valence-corrected chi connectivity index (χ0v) is 24.6. The van der Waals surface area contributed by atoms with Crippen molar-refractivity contribution < 1.29 is 18.7 Å². The summed E-state index contributed by atoms with van der Waals surface area (Å²) >= 11 is 3.44. The van der Waals surface area contributed by atoms with Crippen molar-refractivity contribution in [2.45, 2.75) is 39.2 Å². The number of piperazine rings is 1. The highest BCUT2D eigenvalue weighted by molar-refractivity contribution is 9.10. The van der Waals surface area contributed by atoms with Gasteiger partial charge in [0.2, 0.25) is 0 Å². The number of amides is 1. The van der Waals surface area contributed by atoms with Crippen LogP contribution in [0.25, 0.3) is 11.0 Å². The summed E-state index contributed by atoms with van der Waals surface area (Å²) in [5, 5.41) is 3.09. The average molecular weight is 616 g/mol. The maximum atomic E-state index is 16.2. The van der Waals surface area contributed by atoms with Crippen LogP contribution in [0.2, 0.25) is 0 Å². The molecule has 3 N–H and O–H groups in total. The summed E-state index contributed by atoms with van der Waals surface area (Å²) in [6.45, 7) is 7.71. The van der Waals surface area contributed by atoms with Gasteiger partial charge in [-0.15, -0.1) is 0 Å². The number of hydrogen-bond acceptors (Lipinski definition) is 7. The molecule has 214 valence electrons. The number of nitrogens with one attached hydrogen (secondary N) is 1. The number of likely N-dealkylation sites (N-methyl/N-ethyl adjacent to an activating group) is 1. The molecule has 2 aromatic carbocycles. The van der Waals surface area contributed by atoms with Crippen LogP contribution < -0.4 is 11.1 Å². The Hall–Kier alpha value is -3.02. The molecule has 2 heterocycles. The maximum Gasteiger partial charge on any atom is 0.340 e. The Morgan fingerprint density at radius 1 is 1.15 bits per heavy atom. The van der Waals surface area contributed by atoms with Gasteiger partial charge < -0.3 is 30.2 Å². The van der Waals surface area contributed by atoms with Crippen LogP contribution in [0.3, 0.4) is 0 Å². The van der Waals surface area contributed by atoms with E-state index in [1.54, 1.807) is 16.7 Å². The number of primary amides is 1. The number of nitrogens with two attached hydrogens (primary N) is 1. The van der Waals surface area contributed by atoms with Crippen molar-refractivity contribution in [3.8, 4) is 0 Å². The zero-order chi connectivity index (χ0) is 28.4. The number of esters is 1. The monoisotopic (exact) mass is 614 g/mol. The minimum atomic E-state index is -0.745. The van der Waals surface area contributed by atoms with E-state index in [-0.39, 0.29) is 22.6 Å². The van der Waals surface area contributed by atoms with Crippen molar-refractivity contribution in [2.75, 3.05) is 51.7 Å². The minimum absolute atomic E-state index is 0.0103. The maximum absolute atomic E-state index is 16.2. The Bertz CT molecular complexity index is 1410. The van der Waals surface area contributed by atoms with E-state index < -0.39 is 17.7 Å². The molecule has 0 radical (unpaired) electrons. The fourth-order valence-corrected chi connectivity index (χ4v) is 5.53. The minimum Gasteiger partial charge on any atom is -0.462 e. The predicted octanol–water partition coefficient (Wildman–Crippen LogP) is 4.68. The normalized spacial score (nSPS) is 16.4. The van der Waals surface area contributed by atoms with Gasteiger partial charge in [0.25, 0.3) is 5.91 Å². The molecular weight excluding hydrogens is 579 g/mol. The molecule has 2 fully saturated rings. The van der Waals surface area contributed by atoms with Crippen molar-refractivity contribution in [2.24, 2.45) is 11.7 Å². The van der Waals surface area contributed by atoms with Crippen LogP contribution >= 0.6 is 15.9 Å². The van der Waals surface area contributed by atoms with Gasteiger partial charge in [-0.05, 0) is 81.9 Å². The number of benzene rings is 2. The van der Waals surface area contributed by atoms with Crippen LogP contribution in [0.4, 0.5) is 15.8 Å². The highest BCUT2D eigenvalue weighted by Crippen LogP contribution is 2.35. The number of imidazole rings is 1. The van der Waals surface area contributed by atoms with E-state index in [0.29, 0.717) is 30.3 Å². The predicted molar refractivity (Wildman–Crippen MR) is 157 cm³/mol. The molecule has 1 saturated carbocycles. The molecule has 1 aliphatic carbocycles. The number of rotatable bonds is 11. The molecule has 1 aliphatic heterocycles. The number of halogens is 2. The standard InChI is InChI=1S/C29H36BrFN6O3/c1-18-15-20(30)7-8-22(18)33-25-21(29(39)40-17-19-5-6-19)16-23-26(24(25)31)34-28(27(32)38)37(23)10-4-3-9-36-13-11-35(2)12-14-36/h7-8,15-16,19,33H,3-6,9-14,17H2,1-2H3,(H2,32,38).